The van der Waals surface area contributed by atoms with E-state index >= 15 is 0 Å². The molecule has 0 saturated carbocycles. The molecule has 27 heavy (non-hydrogen) atoms. The van der Waals surface area contributed by atoms with E-state index in [2.05, 4.69) is 10.6 Å². The predicted octanol–water partition coefficient (Wildman–Crippen LogP) is 1.84. The summed E-state index contributed by atoms with van der Waals surface area (Å²) in [4.78, 5) is 25.0. The van der Waals surface area contributed by atoms with Crippen LogP contribution in [0, 0.1) is 6.92 Å². The molecule has 144 valence electrons. The minimum Gasteiger partial charge on any atom is -0.350 e. The Morgan fingerprint density at radius 1 is 1.04 bits per heavy atom. The quantitative estimate of drug-likeness (QED) is 0.722. The molecule has 1 atom stereocenters. The second-order valence-electron chi connectivity index (χ2n) is 6.52. The average molecular weight is 388 g/mol. The van der Waals surface area contributed by atoms with Crippen molar-refractivity contribution < 1.29 is 18.0 Å². The Bertz CT molecular complexity index is 895. The minimum atomic E-state index is -3.26. The van der Waals surface area contributed by atoms with E-state index in [0.29, 0.717) is 12.1 Å². The van der Waals surface area contributed by atoms with Gasteiger partial charge >= 0.3 is 0 Å². The number of benzene rings is 2. The third-order valence-corrected chi connectivity index (χ3v) is 4.97. The van der Waals surface area contributed by atoms with Crippen LogP contribution in [0.3, 0.4) is 0 Å². The molecule has 0 unspecified atom stereocenters. The van der Waals surface area contributed by atoms with Crippen LogP contribution in [0.25, 0.3) is 0 Å². The van der Waals surface area contributed by atoms with Crippen molar-refractivity contribution in [2.45, 2.75) is 25.9 Å². The number of sulfone groups is 1. The van der Waals surface area contributed by atoms with Gasteiger partial charge in [0.1, 0.15) is 15.9 Å². The van der Waals surface area contributed by atoms with Crippen molar-refractivity contribution in [3.05, 3.63) is 71.3 Å². The van der Waals surface area contributed by atoms with Crippen LogP contribution in [0.4, 0.5) is 0 Å². The molecule has 0 aliphatic carbocycles. The highest BCUT2D eigenvalue weighted by Gasteiger charge is 2.23. The molecule has 0 aliphatic heterocycles. The van der Waals surface area contributed by atoms with Gasteiger partial charge in [-0.05, 0) is 31.0 Å². The van der Waals surface area contributed by atoms with Crippen molar-refractivity contribution in [3.8, 4) is 0 Å². The SMILES string of the molecule is Cc1cccc(C(=O)N[C@@H](CCS(C)(=O)=O)C(=O)NCc2ccccc2)c1. The van der Waals surface area contributed by atoms with Gasteiger partial charge in [-0.2, -0.15) is 0 Å². The number of hydrogen-bond acceptors (Lipinski definition) is 4. The Balaban J connectivity index is 2.07. The van der Waals surface area contributed by atoms with E-state index in [1.165, 1.54) is 0 Å². The minimum absolute atomic E-state index is 0.0109. The van der Waals surface area contributed by atoms with E-state index in [4.69, 9.17) is 0 Å². The number of nitrogens with one attached hydrogen (secondary N) is 2. The van der Waals surface area contributed by atoms with Gasteiger partial charge in [0.05, 0.1) is 5.75 Å². The van der Waals surface area contributed by atoms with Gasteiger partial charge in [0.25, 0.3) is 5.91 Å². The molecule has 2 N–H and O–H groups in total. The maximum absolute atomic E-state index is 12.5. The van der Waals surface area contributed by atoms with Gasteiger partial charge in [-0.25, -0.2) is 8.42 Å². The zero-order valence-corrected chi connectivity index (χ0v) is 16.3. The van der Waals surface area contributed by atoms with Crippen molar-refractivity contribution >= 4 is 21.7 Å². The average Bonchev–Trinajstić information content (AvgIpc) is 2.63. The summed E-state index contributed by atoms with van der Waals surface area (Å²) >= 11 is 0. The van der Waals surface area contributed by atoms with Crippen LogP contribution in [0.15, 0.2) is 54.6 Å². The molecule has 0 aromatic heterocycles. The molecule has 7 heteroatoms. The largest absolute Gasteiger partial charge is 0.350 e. The van der Waals surface area contributed by atoms with Crippen molar-refractivity contribution in [1.82, 2.24) is 10.6 Å². The summed E-state index contributed by atoms with van der Waals surface area (Å²) in [5.41, 5.74) is 2.26. The van der Waals surface area contributed by atoms with Crippen molar-refractivity contribution in [3.63, 3.8) is 0 Å². The van der Waals surface area contributed by atoms with Crippen LogP contribution in [0.1, 0.15) is 27.9 Å². The first-order valence-corrected chi connectivity index (χ1v) is 10.7. The normalized spacial score (nSPS) is 12.2. The third-order valence-electron chi connectivity index (χ3n) is 3.99. The molecule has 0 saturated heterocycles. The number of rotatable bonds is 8. The zero-order chi connectivity index (χ0) is 19.9. The first kappa shape index (κ1) is 20.6. The maximum Gasteiger partial charge on any atom is 0.251 e. The summed E-state index contributed by atoms with van der Waals surface area (Å²) in [6.07, 6.45) is 1.12. The smallest absolute Gasteiger partial charge is 0.251 e. The van der Waals surface area contributed by atoms with Crippen LogP contribution in [0.2, 0.25) is 0 Å². The van der Waals surface area contributed by atoms with Gasteiger partial charge in [0.15, 0.2) is 0 Å². The monoisotopic (exact) mass is 388 g/mol. The molecule has 0 heterocycles. The van der Waals surface area contributed by atoms with Crippen molar-refractivity contribution in [2.75, 3.05) is 12.0 Å². The summed E-state index contributed by atoms with van der Waals surface area (Å²) in [5.74, 6) is -1.01. The lowest BCUT2D eigenvalue weighted by atomic mass is 10.1. The van der Waals surface area contributed by atoms with Crippen LogP contribution >= 0.6 is 0 Å². The molecule has 2 rings (SSSR count). The fourth-order valence-corrected chi connectivity index (χ4v) is 3.20. The highest BCUT2D eigenvalue weighted by atomic mass is 32.2. The summed E-state index contributed by atoms with van der Waals surface area (Å²) in [6.45, 7) is 2.17. The fourth-order valence-electron chi connectivity index (χ4n) is 2.54. The van der Waals surface area contributed by atoms with Crippen molar-refractivity contribution in [2.24, 2.45) is 0 Å². The Hall–Kier alpha value is -2.67. The Morgan fingerprint density at radius 2 is 1.74 bits per heavy atom. The number of aryl methyl sites for hydroxylation is 1. The summed E-state index contributed by atoms with van der Waals surface area (Å²) < 4.78 is 23.0. The van der Waals surface area contributed by atoms with E-state index in [9.17, 15) is 18.0 Å². The van der Waals surface area contributed by atoms with E-state index in [0.717, 1.165) is 17.4 Å². The fraction of sp³-hybridized carbons (Fsp3) is 0.300. The third kappa shape index (κ3) is 7.22. The topological polar surface area (TPSA) is 92.3 Å². The Morgan fingerprint density at radius 3 is 2.37 bits per heavy atom. The molecule has 0 bridgehead atoms. The second kappa shape index (κ2) is 9.32. The van der Waals surface area contributed by atoms with Gasteiger partial charge in [-0.3, -0.25) is 9.59 Å². The maximum atomic E-state index is 12.5. The van der Waals surface area contributed by atoms with Gasteiger partial charge in [0, 0.05) is 18.4 Å². The van der Waals surface area contributed by atoms with Gasteiger partial charge in [-0.15, -0.1) is 0 Å². The van der Waals surface area contributed by atoms with Crippen LogP contribution in [-0.4, -0.2) is 38.3 Å². The standard InChI is InChI=1S/C20H24N2O4S/c1-15-7-6-10-17(13-15)19(23)22-18(11-12-27(2,25)26)20(24)21-14-16-8-4-3-5-9-16/h3-10,13,18H,11-12,14H2,1-2H3,(H,21,24)(H,22,23)/t18-/m0/s1. The number of carbonyl (C=O) groups is 2. The first-order valence-electron chi connectivity index (χ1n) is 8.61. The van der Waals surface area contributed by atoms with Gasteiger partial charge < -0.3 is 10.6 Å². The molecule has 6 nitrogen and oxygen atoms in total. The van der Waals surface area contributed by atoms with Crippen LogP contribution < -0.4 is 10.6 Å². The summed E-state index contributed by atoms with van der Waals surface area (Å²) in [5, 5.41) is 5.41. The lowest BCUT2D eigenvalue weighted by molar-refractivity contribution is -0.123. The van der Waals surface area contributed by atoms with E-state index in [-0.39, 0.29) is 12.2 Å². The molecule has 0 spiro atoms. The van der Waals surface area contributed by atoms with Crippen LogP contribution in [-0.2, 0) is 21.2 Å². The second-order valence-corrected chi connectivity index (χ2v) is 8.78. The van der Waals surface area contributed by atoms with E-state index in [1.54, 1.807) is 18.2 Å². The van der Waals surface area contributed by atoms with Gasteiger partial charge in [0.2, 0.25) is 5.91 Å². The summed E-state index contributed by atoms with van der Waals surface area (Å²) in [6, 6.07) is 15.4. The molecule has 0 radical (unpaired) electrons. The Labute approximate surface area is 159 Å². The molecule has 0 fully saturated rings. The molecule has 0 aliphatic rings. The van der Waals surface area contributed by atoms with E-state index < -0.39 is 27.7 Å². The highest BCUT2D eigenvalue weighted by Crippen LogP contribution is 2.06. The molecular formula is C20H24N2O4S. The highest BCUT2D eigenvalue weighted by molar-refractivity contribution is 7.90. The van der Waals surface area contributed by atoms with Crippen LogP contribution in [0.5, 0.6) is 0 Å². The zero-order valence-electron chi connectivity index (χ0n) is 15.4. The lowest BCUT2D eigenvalue weighted by Gasteiger charge is -2.18. The molecule has 2 aromatic rings. The predicted molar refractivity (Wildman–Crippen MR) is 105 cm³/mol. The number of amides is 2. The van der Waals surface area contributed by atoms with Crippen molar-refractivity contribution in [1.29, 1.82) is 0 Å². The van der Waals surface area contributed by atoms with E-state index in [1.807, 2.05) is 43.3 Å². The number of hydrogen-bond donors (Lipinski definition) is 2. The Kier molecular flexibility index (Phi) is 7.12. The van der Waals surface area contributed by atoms with Gasteiger partial charge in [-0.1, -0.05) is 48.0 Å². The first-order chi connectivity index (χ1) is 12.7. The number of carbonyl (C=O) groups excluding carboxylic acids is 2. The molecule has 2 amide bonds. The molecule has 2 aromatic carbocycles. The lowest BCUT2D eigenvalue weighted by Crippen LogP contribution is -2.47. The summed E-state index contributed by atoms with van der Waals surface area (Å²) in [7, 11) is -3.26. The molecular weight excluding hydrogens is 364 g/mol.